The van der Waals surface area contributed by atoms with E-state index in [1.165, 1.54) is 12.1 Å². The fourth-order valence-corrected chi connectivity index (χ4v) is 1.68. The molecule has 1 aromatic rings. The number of rotatable bonds is 3. The highest BCUT2D eigenvalue weighted by atomic mass is 19.4. The highest BCUT2D eigenvalue weighted by molar-refractivity contribution is 5.89. The summed E-state index contributed by atoms with van der Waals surface area (Å²) in [6.07, 6.45) is -4.41. The lowest BCUT2D eigenvalue weighted by Crippen LogP contribution is -2.48. The largest absolute Gasteiger partial charge is 0.416 e. The molecule has 4 nitrogen and oxygen atoms in total. The molecule has 2 amide bonds. The van der Waals surface area contributed by atoms with Crippen molar-refractivity contribution < 1.29 is 18.0 Å². The third-order valence-electron chi connectivity index (χ3n) is 2.87. The number of nitrogens with one attached hydrogen (secondary N) is 3. The van der Waals surface area contributed by atoms with Crippen LogP contribution in [0.25, 0.3) is 0 Å². The van der Waals surface area contributed by atoms with Crippen molar-refractivity contribution in [1.29, 1.82) is 0 Å². The van der Waals surface area contributed by atoms with E-state index in [0.29, 0.717) is 12.5 Å². The van der Waals surface area contributed by atoms with Crippen molar-refractivity contribution >= 4 is 11.7 Å². The van der Waals surface area contributed by atoms with Crippen molar-refractivity contribution in [2.24, 2.45) is 5.92 Å². The Kier molecular flexibility index (Phi) is 3.94. The molecule has 7 heteroatoms. The highest BCUT2D eigenvalue weighted by Crippen LogP contribution is 2.30. The van der Waals surface area contributed by atoms with Gasteiger partial charge in [-0.1, -0.05) is 6.07 Å². The van der Waals surface area contributed by atoms with Crippen LogP contribution >= 0.6 is 0 Å². The predicted octanol–water partition coefficient (Wildman–Crippen LogP) is 2.05. The molecule has 0 unspecified atom stereocenters. The number of urea groups is 1. The van der Waals surface area contributed by atoms with E-state index in [1.807, 2.05) is 0 Å². The van der Waals surface area contributed by atoms with E-state index >= 15 is 0 Å². The van der Waals surface area contributed by atoms with Crippen LogP contribution in [-0.2, 0) is 6.18 Å². The predicted molar refractivity (Wildman–Crippen MR) is 64.8 cm³/mol. The van der Waals surface area contributed by atoms with Crippen molar-refractivity contribution in [2.45, 2.75) is 6.18 Å². The molecule has 0 spiro atoms. The molecule has 1 heterocycles. The van der Waals surface area contributed by atoms with Gasteiger partial charge in [-0.25, -0.2) is 4.79 Å². The maximum atomic E-state index is 12.5. The van der Waals surface area contributed by atoms with Crippen LogP contribution < -0.4 is 16.0 Å². The fraction of sp³-hybridized carbons (Fsp3) is 0.417. The Morgan fingerprint density at radius 1 is 1.37 bits per heavy atom. The van der Waals surface area contributed by atoms with Crippen LogP contribution in [-0.4, -0.2) is 25.7 Å². The number of carbonyl (C=O) groups excluding carboxylic acids is 1. The quantitative estimate of drug-likeness (QED) is 0.789. The molecule has 19 heavy (non-hydrogen) atoms. The molecule has 1 saturated heterocycles. The number of carbonyl (C=O) groups is 1. The molecule has 1 aromatic carbocycles. The Balaban J connectivity index is 1.89. The molecule has 1 aliphatic rings. The van der Waals surface area contributed by atoms with Gasteiger partial charge in [0.15, 0.2) is 0 Å². The second kappa shape index (κ2) is 5.48. The van der Waals surface area contributed by atoms with Gasteiger partial charge < -0.3 is 16.0 Å². The summed E-state index contributed by atoms with van der Waals surface area (Å²) in [6.45, 7) is 2.21. The number of amides is 2. The van der Waals surface area contributed by atoms with E-state index in [4.69, 9.17) is 0 Å². The Morgan fingerprint density at radius 3 is 2.68 bits per heavy atom. The number of hydrogen-bond acceptors (Lipinski definition) is 2. The average Bonchev–Trinajstić information content (AvgIpc) is 2.26. The van der Waals surface area contributed by atoms with Crippen LogP contribution in [0.15, 0.2) is 24.3 Å². The van der Waals surface area contributed by atoms with Crippen molar-refractivity contribution in [1.82, 2.24) is 10.6 Å². The summed E-state index contributed by atoms with van der Waals surface area (Å²) >= 11 is 0. The van der Waals surface area contributed by atoms with Gasteiger partial charge in [0.1, 0.15) is 0 Å². The minimum atomic E-state index is -4.41. The molecule has 0 saturated carbocycles. The number of alkyl halides is 3. The molecule has 2 rings (SSSR count). The maximum absolute atomic E-state index is 12.5. The fourth-order valence-electron chi connectivity index (χ4n) is 1.68. The van der Waals surface area contributed by atoms with Crippen LogP contribution in [0.3, 0.4) is 0 Å². The molecule has 0 aromatic heterocycles. The first kappa shape index (κ1) is 13.7. The van der Waals surface area contributed by atoms with Gasteiger partial charge in [0.25, 0.3) is 0 Å². The zero-order valence-electron chi connectivity index (χ0n) is 10.1. The number of anilines is 1. The number of halogens is 3. The summed E-state index contributed by atoms with van der Waals surface area (Å²) in [5.41, 5.74) is -0.660. The first-order chi connectivity index (χ1) is 8.95. The molecule has 0 radical (unpaired) electrons. The Labute approximate surface area is 108 Å². The summed E-state index contributed by atoms with van der Waals surface area (Å²) in [4.78, 5) is 11.5. The SMILES string of the molecule is O=C(NCC1CNC1)Nc1cccc(C(F)(F)F)c1. The average molecular weight is 273 g/mol. The van der Waals surface area contributed by atoms with Gasteiger partial charge in [-0.15, -0.1) is 0 Å². The summed E-state index contributed by atoms with van der Waals surface area (Å²) in [5.74, 6) is 0.396. The zero-order valence-corrected chi connectivity index (χ0v) is 10.1. The second-order valence-electron chi connectivity index (χ2n) is 4.44. The monoisotopic (exact) mass is 273 g/mol. The maximum Gasteiger partial charge on any atom is 0.416 e. The van der Waals surface area contributed by atoms with E-state index in [1.54, 1.807) is 0 Å². The van der Waals surface area contributed by atoms with E-state index in [2.05, 4.69) is 16.0 Å². The van der Waals surface area contributed by atoms with Crippen LogP contribution in [0.2, 0.25) is 0 Å². The third-order valence-corrected chi connectivity index (χ3v) is 2.87. The molecule has 0 bridgehead atoms. The minimum absolute atomic E-state index is 0.124. The topological polar surface area (TPSA) is 53.2 Å². The molecule has 1 aliphatic heterocycles. The van der Waals surface area contributed by atoms with Crippen molar-refractivity contribution in [3.8, 4) is 0 Å². The summed E-state index contributed by atoms with van der Waals surface area (Å²) in [7, 11) is 0. The molecular weight excluding hydrogens is 259 g/mol. The lowest BCUT2D eigenvalue weighted by molar-refractivity contribution is -0.137. The van der Waals surface area contributed by atoms with Crippen molar-refractivity contribution in [2.75, 3.05) is 25.0 Å². The molecule has 104 valence electrons. The first-order valence-corrected chi connectivity index (χ1v) is 5.88. The minimum Gasteiger partial charge on any atom is -0.337 e. The van der Waals surface area contributed by atoms with Gasteiger partial charge in [-0.3, -0.25) is 0 Å². The van der Waals surface area contributed by atoms with Gasteiger partial charge in [0, 0.05) is 31.2 Å². The summed E-state index contributed by atoms with van der Waals surface area (Å²) in [6, 6.07) is 4.05. The van der Waals surface area contributed by atoms with Crippen LogP contribution in [0.5, 0.6) is 0 Å². The normalized spacial score (nSPS) is 15.7. The van der Waals surface area contributed by atoms with Gasteiger partial charge in [0.05, 0.1) is 5.56 Å². The van der Waals surface area contributed by atoms with Gasteiger partial charge in [-0.2, -0.15) is 13.2 Å². The van der Waals surface area contributed by atoms with Gasteiger partial charge >= 0.3 is 12.2 Å². The lowest BCUT2D eigenvalue weighted by Gasteiger charge is -2.27. The second-order valence-corrected chi connectivity index (χ2v) is 4.44. The smallest absolute Gasteiger partial charge is 0.337 e. The standard InChI is InChI=1S/C12H14F3N3O/c13-12(14,15)9-2-1-3-10(4-9)18-11(19)17-7-8-5-16-6-8/h1-4,8,16H,5-7H2,(H2,17,18,19). The van der Waals surface area contributed by atoms with Gasteiger partial charge in [-0.05, 0) is 18.2 Å². The number of benzene rings is 1. The van der Waals surface area contributed by atoms with Crippen molar-refractivity contribution in [3.05, 3.63) is 29.8 Å². The summed E-state index contributed by atoms with van der Waals surface area (Å²) < 4.78 is 37.4. The van der Waals surface area contributed by atoms with Crippen molar-refractivity contribution in [3.63, 3.8) is 0 Å². The first-order valence-electron chi connectivity index (χ1n) is 5.88. The lowest BCUT2D eigenvalue weighted by atomic mass is 10.0. The summed E-state index contributed by atoms with van der Waals surface area (Å²) in [5, 5.41) is 8.07. The Morgan fingerprint density at radius 2 is 2.11 bits per heavy atom. The van der Waals surface area contributed by atoms with Crippen LogP contribution in [0.1, 0.15) is 5.56 Å². The molecular formula is C12H14F3N3O. The van der Waals surface area contributed by atoms with E-state index < -0.39 is 17.8 Å². The highest BCUT2D eigenvalue weighted by Gasteiger charge is 2.30. The Bertz CT molecular complexity index is 458. The molecule has 0 atom stereocenters. The Hall–Kier alpha value is -1.76. The zero-order chi connectivity index (χ0) is 13.9. The molecule has 0 aliphatic carbocycles. The van der Waals surface area contributed by atoms with E-state index in [-0.39, 0.29) is 5.69 Å². The van der Waals surface area contributed by atoms with Gasteiger partial charge in [0.2, 0.25) is 0 Å². The molecule has 1 fully saturated rings. The van der Waals surface area contributed by atoms with E-state index in [0.717, 1.165) is 25.2 Å². The number of hydrogen-bond donors (Lipinski definition) is 3. The van der Waals surface area contributed by atoms with Crippen LogP contribution in [0, 0.1) is 5.92 Å². The van der Waals surface area contributed by atoms with E-state index in [9.17, 15) is 18.0 Å². The third kappa shape index (κ3) is 3.85. The van der Waals surface area contributed by atoms with Crippen LogP contribution in [0.4, 0.5) is 23.7 Å². The molecule has 3 N–H and O–H groups in total.